The second-order valence-electron chi connectivity index (χ2n) is 5.25. The summed E-state index contributed by atoms with van der Waals surface area (Å²) in [5.74, 6) is 0.638. The molecule has 112 valence electrons. The largest absolute Gasteiger partial charge is 0.472 e. The number of likely N-dealkylation sites (tertiary alicyclic amines) is 1. The van der Waals surface area contributed by atoms with E-state index < -0.39 is 0 Å². The van der Waals surface area contributed by atoms with Gasteiger partial charge in [-0.05, 0) is 32.8 Å². The van der Waals surface area contributed by atoms with Gasteiger partial charge in [0.05, 0.1) is 17.3 Å². The van der Waals surface area contributed by atoms with Crippen molar-refractivity contribution in [3.63, 3.8) is 0 Å². The molecular weight excluding hydrogens is 266 g/mol. The molecular formula is C16H21N3O2. The van der Waals surface area contributed by atoms with E-state index in [1.807, 2.05) is 36.3 Å². The maximum atomic E-state index is 11.6. The van der Waals surface area contributed by atoms with Crippen LogP contribution in [-0.2, 0) is 9.53 Å². The highest BCUT2D eigenvalue weighted by Crippen LogP contribution is 2.24. The molecule has 0 radical (unpaired) electrons. The third-order valence-corrected chi connectivity index (χ3v) is 3.78. The van der Waals surface area contributed by atoms with Gasteiger partial charge in [0.15, 0.2) is 0 Å². The Morgan fingerprint density at radius 1 is 1.43 bits per heavy atom. The lowest BCUT2D eigenvalue weighted by Gasteiger charge is -2.16. The molecule has 2 aliphatic rings. The van der Waals surface area contributed by atoms with Crippen molar-refractivity contribution in [1.82, 2.24) is 4.90 Å². The van der Waals surface area contributed by atoms with Crippen LogP contribution < -0.4 is 0 Å². The minimum absolute atomic E-state index is 0.0608. The molecule has 0 amide bonds. The average molecular weight is 287 g/mol. The van der Waals surface area contributed by atoms with Crippen LogP contribution in [0, 0.1) is 0 Å². The number of carbonyl (C=O) groups excluding carboxylic acids is 1. The summed E-state index contributed by atoms with van der Waals surface area (Å²) >= 11 is 0. The summed E-state index contributed by atoms with van der Waals surface area (Å²) in [5, 5.41) is 0. The Kier molecular flexibility index (Phi) is 4.85. The summed E-state index contributed by atoms with van der Waals surface area (Å²) < 4.78 is 5.97. The number of rotatable bonds is 4. The van der Waals surface area contributed by atoms with E-state index >= 15 is 0 Å². The van der Waals surface area contributed by atoms with Crippen molar-refractivity contribution in [2.24, 2.45) is 9.98 Å². The summed E-state index contributed by atoms with van der Waals surface area (Å²) in [6.45, 7) is 5.91. The molecule has 0 aromatic carbocycles. The molecule has 0 aromatic heterocycles. The molecule has 0 saturated carbocycles. The molecule has 0 spiro atoms. The predicted molar refractivity (Wildman–Crippen MR) is 84.8 cm³/mol. The van der Waals surface area contributed by atoms with Gasteiger partial charge < -0.3 is 4.74 Å². The first-order valence-corrected chi connectivity index (χ1v) is 6.97. The van der Waals surface area contributed by atoms with Gasteiger partial charge in [-0.15, -0.1) is 0 Å². The van der Waals surface area contributed by atoms with Gasteiger partial charge in [-0.3, -0.25) is 14.7 Å². The van der Waals surface area contributed by atoms with Gasteiger partial charge in [-0.1, -0.05) is 12.2 Å². The summed E-state index contributed by atoms with van der Waals surface area (Å²) in [4.78, 5) is 21.8. The summed E-state index contributed by atoms with van der Waals surface area (Å²) in [6.07, 6.45) is 8.26. The van der Waals surface area contributed by atoms with Crippen molar-refractivity contribution in [3.05, 3.63) is 35.8 Å². The first-order valence-electron chi connectivity index (χ1n) is 6.97. The van der Waals surface area contributed by atoms with Crippen molar-refractivity contribution >= 4 is 18.2 Å². The van der Waals surface area contributed by atoms with Crippen molar-refractivity contribution in [2.45, 2.75) is 25.5 Å². The van der Waals surface area contributed by atoms with Gasteiger partial charge in [-0.25, -0.2) is 4.99 Å². The molecule has 2 unspecified atom stereocenters. The minimum Gasteiger partial charge on any atom is -0.472 e. The fraction of sp³-hybridized carbons (Fsp3) is 0.438. The van der Waals surface area contributed by atoms with Gasteiger partial charge in [0.25, 0.3) is 0 Å². The van der Waals surface area contributed by atoms with Gasteiger partial charge in [0.1, 0.15) is 11.9 Å². The van der Waals surface area contributed by atoms with Crippen molar-refractivity contribution in [1.29, 1.82) is 0 Å². The molecule has 1 aliphatic heterocycles. The zero-order valence-electron chi connectivity index (χ0n) is 12.7. The molecule has 1 saturated heterocycles. The number of hydrogen-bond acceptors (Lipinski definition) is 5. The molecule has 21 heavy (non-hydrogen) atoms. The molecule has 0 N–H and O–H groups in total. The quantitative estimate of drug-likeness (QED) is 0.585. The third-order valence-electron chi connectivity index (χ3n) is 3.78. The van der Waals surface area contributed by atoms with E-state index in [0.717, 1.165) is 11.3 Å². The van der Waals surface area contributed by atoms with Crippen LogP contribution in [-0.4, -0.2) is 55.9 Å². The van der Waals surface area contributed by atoms with Crippen LogP contribution in [0.1, 0.15) is 13.3 Å². The number of ether oxygens (including phenoxy) is 1. The summed E-state index contributed by atoms with van der Waals surface area (Å²) in [5.41, 5.74) is 1.64. The van der Waals surface area contributed by atoms with Gasteiger partial charge >= 0.3 is 0 Å². The van der Waals surface area contributed by atoms with Gasteiger partial charge in [-0.2, -0.15) is 0 Å². The molecule has 0 aromatic rings. The summed E-state index contributed by atoms with van der Waals surface area (Å²) in [7, 11) is 3.67. The number of Topliss-reactive ketones (excluding diaryl/α,β-unsaturated/α-hetero) is 1. The SMILES string of the molecule is C=N/C(OC1CC(C(C)=O)N(C)C1)=C1/C=CC=C/C1=N/C. The van der Waals surface area contributed by atoms with E-state index in [1.165, 1.54) is 0 Å². The highest BCUT2D eigenvalue weighted by atomic mass is 16.5. The van der Waals surface area contributed by atoms with Crippen LogP contribution in [0.3, 0.4) is 0 Å². The van der Waals surface area contributed by atoms with Gasteiger partial charge in [0.2, 0.25) is 5.88 Å². The van der Waals surface area contributed by atoms with Gasteiger partial charge in [0, 0.05) is 20.0 Å². The van der Waals surface area contributed by atoms with Crippen LogP contribution >= 0.6 is 0 Å². The Morgan fingerprint density at radius 3 is 2.71 bits per heavy atom. The lowest BCUT2D eigenvalue weighted by molar-refractivity contribution is -0.120. The second-order valence-corrected chi connectivity index (χ2v) is 5.25. The topological polar surface area (TPSA) is 54.3 Å². The van der Waals surface area contributed by atoms with Crippen LogP contribution in [0.25, 0.3) is 0 Å². The number of aliphatic imine (C=N–C) groups is 2. The molecule has 1 heterocycles. The highest BCUT2D eigenvalue weighted by Gasteiger charge is 2.34. The highest BCUT2D eigenvalue weighted by molar-refractivity contribution is 6.11. The molecule has 0 bridgehead atoms. The zero-order valence-corrected chi connectivity index (χ0v) is 12.7. The molecule has 1 aliphatic carbocycles. The maximum absolute atomic E-state index is 11.6. The van der Waals surface area contributed by atoms with Crippen molar-refractivity contribution < 1.29 is 9.53 Å². The van der Waals surface area contributed by atoms with Crippen molar-refractivity contribution in [3.8, 4) is 0 Å². The Balaban J connectivity index is 2.17. The number of carbonyl (C=O) groups is 1. The Hall–Kier alpha value is -2.01. The fourth-order valence-electron chi connectivity index (χ4n) is 2.71. The van der Waals surface area contributed by atoms with Crippen LogP contribution in [0.15, 0.2) is 45.7 Å². The smallest absolute Gasteiger partial charge is 0.222 e. The molecule has 2 atom stereocenters. The predicted octanol–water partition coefficient (Wildman–Crippen LogP) is 1.77. The lowest BCUT2D eigenvalue weighted by Crippen LogP contribution is -2.30. The third kappa shape index (κ3) is 3.36. The zero-order chi connectivity index (χ0) is 15.4. The maximum Gasteiger partial charge on any atom is 0.222 e. The second kappa shape index (κ2) is 6.63. The molecule has 5 heteroatoms. The molecule has 5 nitrogen and oxygen atoms in total. The normalized spacial score (nSPS) is 29.8. The molecule has 1 fully saturated rings. The van der Waals surface area contributed by atoms with Crippen LogP contribution in [0.2, 0.25) is 0 Å². The van der Waals surface area contributed by atoms with Crippen molar-refractivity contribution in [2.75, 3.05) is 20.6 Å². The fourth-order valence-corrected chi connectivity index (χ4v) is 2.71. The van der Waals surface area contributed by atoms with E-state index in [4.69, 9.17) is 4.74 Å². The molecule has 2 rings (SSSR count). The monoisotopic (exact) mass is 287 g/mol. The average Bonchev–Trinajstić information content (AvgIpc) is 2.85. The number of nitrogens with zero attached hydrogens (tertiary/aromatic N) is 3. The Bertz CT molecular complexity index is 558. The number of ketones is 1. The van der Waals surface area contributed by atoms with E-state index in [9.17, 15) is 4.79 Å². The van der Waals surface area contributed by atoms with Crippen LogP contribution in [0.4, 0.5) is 0 Å². The van der Waals surface area contributed by atoms with Crippen LogP contribution in [0.5, 0.6) is 0 Å². The lowest BCUT2D eigenvalue weighted by atomic mass is 10.1. The summed E-state index contributed by atoms with van der Waals surface area (Å²) in [6, 6.07) is -0.0767. The minimum atomic E-state index is -0.0767. The standard InChI is InChI=1S/C16H21N3O2/c1-11(20)15-9-12(10-19(15)4)21-16(18-3)13-7-5-6-8-14(13)17-2/h5-8,12,15H,3,9-10H2,1-2,4H3/b16-13+,17-14-. The van der Waals surface area contributed by atoms with E-state index in [0.29, 0.717) is 18.8 Å². The Labute approximate surface area is 125 Å². The van der Waals surface area contributed by atoms with E-state index in [1.54, 1.807) is 14.0 Å². The number of likely N-dealkylation sites (N-methyl/N-ethyl adjacent to an activating group) is 1. The number of hydrogen-bond donors (Lipinski definition) is 0. The first-order chi connectivity index (χ1) is 10.1. The Morgan fingerprint density at radius 2 is 2.14 bits per heavy atom. The van der Waals surface area contributed by atoms with E-state index in [2.05, 4.69) is 16.7 Å². The van der Waals surface area contributed by atoms with E-state index in [-0.39, 0.29) is 17.9 Å². The first kappa shape index (κ1) is 15.4. The number of allylic oxidation sites excluding steroid dienone is 5.